The van der Waals surface area contributed by atoms with E-state index in [0.717, 1.165) is 11.1 Å². The minimum Gasteiger partial charge on any atom is -0.268 e. The van der Waals surface area contributed by atoms with Crippen molar-refractivity contribution in [2.24, 2.45) is 0 Å². The van der Waals surface area contributed by atoms with Crippen LogP contribution in [0.4, 0.5) is 5.69 Å². The second-order valence-electron chi connectivity index (χ2n) is 3.71. The van der Waals surface area contributed by atoms with Gasteiger partial charge >= 0.3 is 0 Å². The molecule has 1 aromatic heterocycles. The Labute approximate surface area is 117 Å². The smallest absolute Gasteiger partial charge is 0.268 e. The highest BCUT2D eigenvalue weighted by Crippen LogP contribution is 2.23. The molecule has 0 aliphatic carbocycles. The van der Waals surface area contributed by atoms with Gasteiger partial charge in [0.15, 0.2) is 0 Å². The van der Waals surface area contributed by atoms with Gasteiger partial charge in [-0.25, -0.2) is 0 Å². The number of hydrogen-bond donors (Lipinski definition) is 0. The lowest BCUT2D eigenvalue weighted by atomic mass is 10.2. The van der Waals surface area contributed by atoms with Gasteiger partial charge in [0.1, 0.15) is 0 Å². The SMILES string of the molecule is O=[N+]([O-])c1ccc(Cn2cc(CCl)cn2)c(Br)c1. The first kappa shape index (κ1) is 13.0. The quantitative estimate of drug-likeness (QED) is 0.491. The van der Waals surface area contributed by atoms with Crippen molar-refractivity contribution in [3.05, 3.63) is 56.3 Å². The maximum atomic E-state index is 10.6. The monoisotopic (exact) mass is 329 g/mol. The predicted octanol–water partition coefficient (Wildman–Crippen LogP) is 3.34. The van der Waals surface area contributed by atoms with Gasteiger partial charge in [-0.1, -0.05) is 15.9 Å². The minimum absolute atomic E-state index is 0.0625. The molecular weight excluding hydrogens is 321 g/mol. The summed E-state index contributed by atoms with van der Waals surface area (Å²) in [5, 5.41) is 14.8. The standard InChI is InChI=1S/C11H9BrClN3O2/c12-11-3-10(16(17)18)2-1-9(11)7-15-6-8(4-13)5-14-15/h1-3,5-6H,4,7H2. The summed E-state index contributed by atoms with van der Waals surface area (Å²) in [6.45, 7) is 0.537. The zero-order chi connectivity index (χ0) is 13.1. The summed E-state index contributed by atoms with van der Waals surface area (Å²) in [6, 6.07) is 4.68. The summed E-state index contributed by atoms with van der Waals surface area (Å²) in [5.41, 5.74) is 1.92. The van der Waals surface area contributed by atoms with Gasteiger partial charge in [0.25, 0.3) is 5.69 Å². The summed E-state index contributed by atoms with van der Waals surface area (Å²) in [4.78, 5) is 10.2. The fourth-order valence-electron chi connectivity index (χ4n) is 1.51. The van der Waals surface area contributed by atoms with Crippen LogP contribution in [0, 0.1) is 10.1 Å². The maximum Gasteiger partial charge on any atom is 0.270 e. The first-order chi connectivity index (χ1) is 8.60. The average molecular weight is 331 g/mol. The lowest BCUT2D eigenvalue weighted by Gasteiger charge is -2.04. The second-order valence-corrected chi connectivity index (χ2v) is 4.83. The minimum atomic E-state index is -0.423. The first-order valence-corrected chi connectivity index (χ1v) is 6.43. The summed E-state index contributed by atoms with van der Waals surface area (Å²) >= 11 is 9.02. The van der Waals surface area contributed by atoms with Crippen LogP contribution >= 0.6 is 27.5 Å². The van der Waals surface area contributed by atoms with Crippen LogP contribution < -0.4 is 0 Å². The summed E-state index contributed by atoms with van der Waals surface area (Å²) in [6.07, 6.45) is 3.55. The van der Waals surface area contributed by atoms with E-state index in [-0.39, 0.29) is 5.69 Å². The molecule has 0 spiro atoms. The first-order valence-electron chi connectivity index (χ1n) is 5.10. The molecule has 0 amide bonds. The van der Waals surface area contributed by atoms with Crippen molar-refractivity contribution >= 4 is 33.2 Å². The molecule has 0 N–H and O–H groups in total. The number of aromatic nitrogens is 2. The van der Waals surface area contributed by atoms with E-state index in [1.807, 2.05) is 6.20 Å². The van der Waals surface area contributed by atoms with Crippen LogP contribution in [0.25, 0.3) is 0 Å². The Morgan fingerprint density at radius 2 is 2.28 bits per heavy atom. The van der Waals surface area contributed by atoms with E-state index >= 15 is 0 Å². The van der Waals surface area contributed by atoms with Crippen LogP contribution in [0.3, 0.4) is 0 Å². The van der Waals surface area contributed by atoms with Crippen molar-refractivity contribution in [2.75, 3.05) is 0 Å². The Bertz CT molecular complexity index is 585. The highest BCUT2D eigenvalue weighted by molar-refractivity contribution is 9.10. The highest BCUT2D eigenvalue weighted by atomic mass is 79.9. The van der Waals surface area contributed by atoms with E-state index in [4.69, 9.17) is 11.6 Å². The third-order valence-corrected chi connectivity index (χ3v) is 3.47. The molecule has 94 valence electrons. The average Bonchev–Trinajstić information content (AvgIpc) is 2.79. The molecule has 0 aliphatic rings. The molecule has 0 aliphatic heterocycles. The summed E-state index contributed by atoms with van der Waals surface area (Å²) in [5.74, 6) is 0.418. The van der Waals surface area contributed by atoms with Crippen LogP contribution in [0.15, 0.2) is 35.1 Å². The van der Waals surface area contributed by atoms with Crippen molar-refractivity contribution in [1.29, 1.82) is 0 Å². The number of nitrogens with zero attached hydrogens (tertiary/aromatic N) is 3. The number of non-ortho nitro benzene ring substituents is 1. The number of rotatable bonds is 4. The van der Waals surface area contributed by atoms with Gasteiger partial charge in [-0.15, -0.1) is 11.6 Å². The number of alkyl halides is 1. The molecule has 7 heteroatoms. The summed E-state index contributed by atoms with van der Waals surface area (Å²) < 4.78 is 2.43. The molecule has 0 fully saturated rings. The molecule has 1 aromatic carbocycles. The number of benzene rings is 1. The Morgan fingerprint density at radius 3 is 2.83 bits per heavy atom. The molecule has 0 atom stereocenters. The van der Waals surface area contributed by atoms with Crippen molar-refractivity contribution in [2.45, 2.75) is 12.4 Å². The largest absolute Gasteiger partial charge is 0.270 e. The molecule has 0 saturated heterocycles. The van der Waals surface area contributed by atoms with Crippen molar-refractivity contribution in [3.63, 3.8) is 0 Å². The van der Waals surface area contributed by atoms with Gasteiger partial charge in [0.05, 0.1) is 23.5 Å². The summed E-state index contributed by atoms with van der Waals surface area (Å²) in [7, 11) is 0. The fraction of sp³-hybridized carbons (Fsp3) is 0.182. The van der Waals surface area contributed by atoms with Crippen LogP contribution in [0.1, 0.15) is 11.1 Å². The van der Waals surface area contributed by atoms with Crippen LogP contribution in [-0.4, -0.2) is 14.7 Å². The lowest BCUT2D eigenvalue weighted by molar-refractivity contribution is -0.384. The van der Waals surface area contributed by atoms with Crippen LogP contribution in [0.2, 0.25) is 0 Å². The Hall–Kier alpha value is -1.40. The van der Waals surface area contributed by atoms with E-state index in [0.29, 0.717) is 16.9 Å². The molecule has 0 radical (unpaired) electrons. The zero-order valence-corrected chi connectivity index (χ0v) is 11.6. The molecule has 1 heterocycles. The van der Waals surface area contributed by atoms with Gasteiger partial charge in [0, 0.05) is 28.4 Å². The molecule has 0 bridgehead atoms. The third-order valence-electron chi connectivity index (χ3n) is 2.42. The fourth-order valence-corrected chi connectivity index (χ4v) is 2.14. The molecule has 2 rings (SSSR count). The molecule has 0 saturated carbocycles. The normalized spacial score (nSPS) is 10.6. The lowest BCUT2D eigenvalue weighted by Crippen LogP contribution is -2.01. The zero-order valence-electron chi connectivity index (χ0n) is 9.22. The van der Waals surface area contributed by atoms with E-state index in [1.165, 1.54) is 12.1 Å². The Morgan fingerprint density at radius 1 is 1.50 bits per heavy atom. The topological polar surface area (TPSA) is 61.0 Å². The number of nitro groups is 1. The Kier molecular flexibility index (Phi) is 3.98. The Balaban J connectivity index is 2.21. The maximum absolute atomic E-state index is 10.6. The van der Waals surface area contributed by atoms with Crippen LogP contribution in [0.5, 0.6) is 0 Å². The van der Waals surface area contributed by atoms with Gasteiger partial charge in [-0.2, -0.15) is 5.10 Å². The van der Waals surface area contributed by atoms with Gasteiger partial charge in [-0.3, -0.25) is 14.8 Å². The number of nitro benzene ring substituents is 1. The van der Waals surface area contributed by atoms with E-state index in [2.05, 4.69) is 21.0 Å². The van der Waals surface area contributed by atoms with Crippen LogP contribution in [-0.2, 0) is 12.4 Å². The van der Waals surface area contributed by atoms with Crippen molar-refractivity contribution in [1.82, 2.24) is 9.78 Å². The number of halogens is 2. The second kappa shape index (κ2) is 5.49. The molecular formula is C11H9BrClN3O2. The molecule has 18 heavy (non-hydrogen) atoms. The number of hydrogen-bond acceptors (Lipinski definition) is 3. The van der Waals surface area contributed by atoms with Gasteiger partial charge in [0.2, 0.25) is 0 Å². The van der Waals surface area contributed by atoms with Gasteiger partial charge < -0.3 is 0 Å². The molecule has 2 aromatic rings. The third kappa shape index (κ3) is 2.88. The predicted molar refractivity (Wildman–Crippen MR) is 71.7 cm³/mol. The highest BCUT2D eigenvalue weighted by Gasteiger charge is 2.09. The molecule has 5 nitrogen and oxygen atoms in total. The van der Waals surface area contributed by atoms with E-state index in [9.17, 15) is 10.1 Å². The van der Waals surface area contributed by atoms with Crippen molar-refractivity contribution < 1.29 is 4.92 Å². The van der Waals surface area contributed by atoms with E-state index in [1.54, 1.807) is 16.9 Å². The van der Waals surface area contributed by atoms with E-state index < -0.39 is 4.92 Å². The van der Waals surface area contributed by atoms with Crippen molar-refractivity contribution in [3.8, 4) is 0 Å². The molecule has 0 unspecified atom stereocenters. The van der Waals surface area contributed by atoms with Gasteiger partial charge in [-0.05, 0) is 11.6 Å².